The average molecular weight is 523 g/mol. The fraction of sp³-hybridized carbons (Fsp3) is 0.290. The van der Waals surface area contributed by atoms with Crippen molar-refractivity contribution in [1.29, 1.82) is 0 Å². The van der Waals surface area contributed by atoms with Crippen LogP contribution < -0.4 is 10.2 Å². The number of amides is 4. The molecule has 0 spiro atoms. The number of piperidine rings is 2. The molecule has 2 fully saturated rings. The van der Waals surface area contributed by atoms with Gasteiger partial charge < -0.3 is 14.7 Å². The molecule has 198 valence electrons. The number of benzene rings is 3. The third kappa shape index (κ3) is 4.78. The zero-order chi connectivity index (χ0) is 26.9. The molecule has 0 bridgehead atoms. The van der Waals surface area contributed by atoms with Gasteiger partial charge in [-0.3, -0.25) is 24.5 Å². The second kappa shape index (κ2) is 10.4. The van der Waals surface area contributed by atoms with Crippen LogP contribution in [0.5, 0.6) is 0 Å². The van der Waals surface area contributed by atoms with Crippen LogP contribution in [0.25, 0.3) is 0 Å². The summed E-state index contributed by atoms with van der Waals surface area (Å²) in [4.78, 5) is 56.1. The Hall–Kier alpha value is -4.46. The summed E-state index contributed by atoms with van der Waals surface area (Å²) in [5.74, 6) is -1.03. The Kier molecular flexibility index (Phi) is 6.60. The van der Waals surface area contributed by atoms with Crippen molar-refractivity contribution in [3.63, 3.8) is 0 Å². The molecule has 0 saturated carbocycles. The normalized spacial score (nSPS) is 19.6. The Balaban J connectivity index is 1.14. The average Bonchev–Trinajstić information content (AvgIpc) is 3.29. The maximum atomic E-state index is 13.5. The number of anilines is 2. The van der Waals surface area contributed by atoms with Crippen molar-refractivity contribution < 1.29 is 19.2 Å². The maximum Gasteiger partial charge on any atom is 0.255 e. The van der Waals surface area contributed by atoms with Gasteiger partial charge in [-0.15, -0.1) is 0 Å². The minimum absolute atomic E-state index is 0.0471. The van der Waals surface area contributed by atoms with E-state index < -0.39 is 11.9 Å². The first-order valence-electron chi connectivity index (χ1n) is 13.5. The molecule has 3 aromatic carbocycles. The molecular formula is C31H30N4O4. The van der Waals surface area contributed by atoms with E-state index in [0.29, 0.717) is 30.6 Å². The molecule has 1 N–H and O–H groups in total. The summed E-state index contributed by atoms with van der Waals surface area (Å²) in [7, 11) is 0. The van der Waals surface area contributed by atoms with Crippen LogP contribution in [-0.4, -0.2) is 58.6 Å². The van der Waals surface area contributed by atoms with Crippen molar-refractivity contribution in [3.8, 4) is 0 Å². The van der Waals surface area contributed by atoms with Gasteiger partial charge in [0.1, 0.15) is 6.04 Å². The SMILES string of the molecule is O=C1CCC(N2Cc3cc(C(=O)N4CCC(N(c5ccccc5)c5ccccc5)CC4)ccc3C2=O)C(=O)N1. The number of carbonyl (C=O) groups is 4. The summed E-state index contributed by atoms with van der Waals surface area (Å²) in [6.45, 7) is 1.53. The molecule has 4 amide bonds. The third-order valence-electron chi connectivity index (χ3n) is 7.96. The lowest BCUT2D eigenvalue weighted by molar-refractivity contribution is -0.136. The predicted octanol–water partition coefficient (Wildman–Crippen LogP) is 3.89. The summed E-state index contributed by atoms with van der Waals surface area (Å²) in [6, 6.07) is 25.5. The molecule has 1 atom stereocenters. The van der Waals surface area contributed by atoms with Crippen molar-refractivity contribution in [2.24, 2.45) is 0 Å². The lowest BCUT2D eigenvalue weighted by Gasteiger charge is -2.40. The Morgan fingerprint density at radius 3 is 2.08 bits per heavy atom. The van der Waals surface area contributed by atoms with Gasteiger partial charge in [-0.1, -0.05) is 36.4 Å². The first-order valence-corrected chi connectivity index (χ1v) is 13.5. The van der Waals surface area contributed by atoms with Crippen molar-refractivity contribution in [3.05, 3.63) is 95.6 Å². The van der Waals surface area contributed by atoms with Gasteiger partial charge in [0.25, 0.3) is 11.8 Å². The molecule has 8 nitrogen and oxygen atoms in total. The summed E-state index contributed by atoms with van der Waals surface area (Å²) in [6.07, 6.45) is 2.20. The molecule has 8 heteroatoms. The standard InChI is InChI=1S/C31H30N4O4/c36-28-14-13-27(29(37)32-28)34-20-22-19-21(11-12-26(22)31(34)39)30(38)33-17-15-25(16-18-33)35(23-7-3-1-4-8-23)24-9-5-2-6-10-24/h1-12,19,25,27H,13-18,20H2,(H,32,36,37). The molecule has 1 unspecified atom stereocenters. The minimum atomic E-state index is -0.669. The number of hydrogen-bond donors (Lipinski definition) is 1. The third-order valence-corrected chi connectivity index (χ3v) is 7.96. The number of rotatable bonds is 5. The van der Waals surface area contributed by atoms with E-state index in [4.69, 9.17) is 0 Å². The molecule has 2 saturated heterocycles. The highest BCUT2D eigenvalue weighted by Crippen LogP contribution is 2.33. The topological polar surface area (TPSA) is 90.0 Å². The number of nitrogens with one attached hydrogen (secondary N) is 1. The zero-order valence-corrected chi connectivity index (χ0v) is 21.6. The first-order chi connectivity index (χ1) is 19.0. The van der Waals surface area contributed by atoms with E-state index in [-0.39, 0.29) is 36.7 Å². The Morgan fingerprint density at radius 1 is 0.821 bits per heavy atom. The molecule has 0 aliphatic carbocycles. The highest BCUT2D eigenvalue weighted by molar-refractivity contribution is 6.06. The van der Waals surface area contributed by atoms with Crippen LogP contribution >= 0.6 is 0 Å². The molecule has 3 aliphatic rings. The quantitative estimate of drug-likeness (QED) is 0.514. The summed E-state index contributed by atoms with van der Waals surface area (Å²) in [5, 5.41) is 2.32. The molecule has 3 heterocycles. The van der Waals surface area contributed by atoms with Crippen LogP contribution in [0, 0.1) is 0 Å². The van der Waals surface area contributed by atoms with Gasteiger partial charge in [0.2, 0.25) is 11.8 Å². The zero-order valence-electron chi connectivity index (χ0n) is 21.6. The fourth-order valence-electron chi connectivity index (χ4n) is 5.97. The van der Waals surface area contributed by atoms with Crippen LogP contribution in [0.2, 0.25) is 0 Å². The number of para-hydroxylation sites is 2. The van der Waals surface area contributed by atoms with Crippen molar-refractivity contribution in [2.45, 2.75) is 44.3 Å². The first kappa shape index (κ1) is 24.9. The Morgan fingerprint density at radius 2 is 1.46 bits per heavy atom. The van der Waals surface area contributed by atoms with E-state index in [1.807, 2.05) is 41.3 Å². The monoisotopic (exact) mass is 522 g/mol. The number of carbonyl (C=O) groups excluding carboxylic acids is 4. The van der Waals surface area contributed by atoms with Gasteiger partial charge in [0, 0.05) is 54.6 Å². The van der Waals surface area contributed by atoms with Gasteiger partial charge in [0.05, 0.1) is 0 Å². The van der Waals surface area contributed by atoms with E-state index in [0.717, 1.165) is 29.8 Å². The number of likely N-dealkylation sites (tertiary alicyclic amines) is 1. The van der Waals surface area contributed by atoms with Crippen LogP contribution in [0.15, 0.2) is 78.9 Å². The molecule has 3 aliphatic heterocycles. The van der Waals surface area contributed by atoms with E-state index in [1.165, 1.54) is 4.90 Å². The summed E-state index contributed by atoms with van der Waals surface area (Å²) >= 11 is 0. The van der Waals surface area contributed by atoms with E-state index >= 15 is 0 Å². The maximum absolute atomic E-state index is 13.5. The highest BCUT2D eigenvalue weighted by Gasteiger charge is 2.39. The molecule has 39 heavy (non-hydrogen) atoms. The minimum Gasteiger partial charge on any atom is -0.338 e. The van der Waals surface area contributed by atoms with Crippen LogP contribution in [0.4, 0.5) is 11.4 Å². The van der Waals surface area contributed by atoms with Gasteiger partial charge in [-0.2, -0.15) is 0 Å². The number of imide groups is 1. The van der Waals surface area contributed by atoms with Gasteiger partial charge in [0.15, 0.2) is 0 Å². The number of nitrogens with zero attached hydrogens (tertiary/aromatic N) is 3. The smallest absolute Gasteiger partial charge is 0.255 e. The lowest BCUT2D eigenvalue weighted by atomic mass is 9.99. The molecule has 3 aromatic rings. The second-order valence-electron chi connectivity index (χ2n) is 10.3. The van der Waals surface area contributed by atoms with E-state index in [2.05, 4.69) is 34.5 Å². The van der Waals surface area contributed by atoms with Crippen molar-refractivity contribution in [2.75, 3.05) is 18.0 Å². The van der Waals surface area contributed by atoms with Gasteiger partial charge in [-0.05, 0) is 67.3 Å². The van der Waals surface area contributed by atoms with Crippen molar-refractivity contribution in [1.82, 2.24) is 15.1 Å². The van der Waals surface area contributed by atoms with Gasteiger partial charge >= 0.3 is 0 Å². The fourth-order valence-corrected chi connectivity index (χ4v) is 5.97. The van der Waals surface area contributed by atoms with Crippen LogP contribution in [-0.2, 0) is 16.1 Å². The van der Waals surface area contributed by atoms with Crippen LogP contribution in [0.1, 0.15) is 52.0 Å². The molecule has 0 aromatic heterocycles. The summed E-state index contributed by atoms with van der Waals surface area (Å²) < 4.78 is 0. The number of hydrogen-bond acceptors (Lipinski definition) is 5. The van der Waals surface area contributed by atoms with Crippen molar-refractivity contribution >= 4 is 35.0 Å². The lowest BCUT2D eigenvalue weighted by Crippen LogP contribution is -2.52. The summed E-state index contributed by atoms with van der Waals surface area (Å²) in [5.41, 5.74) is 4.07. The molecule has 0 radical (unpaired) electrons. The Bertz CT molecular complexity index is 1380. The Labute approximate surface area is 227 Å². The van der Waals surface area contributed by atoms with Gasteiger partial charge in [-0.25, -0.2) is 0 Å². The molecule has 6 rings (SSSR count). The largest absolute Gasteiger partial charge is 0.338 e. The molecular weight excluding hydrogens is 492 g/mol. The van der Waals surface area contributed by atoms with E-state index in [1.54, 1.807) is 18.2 Å². The predicted molar refractivity (Wildman–Crippen MR) is 146 cm³/mol. The second-order valence-corrected chi connectivity index (χ2v) is 10.3. The van der Waals surface area contributed by atoms with Crippen LogP contribution in [0.3, 0.4) is 0 Å². The van der Waals surface area contributed by atoms with E-state index in [9.17, 15) is 19.2 Å². The highest BCUT2D eigenvalue weighted by atomic mass is 16.2. The number of fused-ring (bicyclic) bond motifs is 1.